The molecule has 176 valence electrons. The summed E-state index contributed by atoms with van der Waals surface area (Å²) in [5, 5.41) is 27.2. The summed E-state index contributed by atoms with van der Waals surface area (Å²) in [5.41, 5.74) is -0.657. The molecule has 9 nitrogen and oxygen atoms in total. The normalized spacial score (nSPS) is 11.8. The lowest BCUT2D eigenvalue weighted by Gasteiger charge is -2.19. The van der Waals surface area contributed by atoms with Gasteiger partial charge in [-0.1, -0.05) is 41.9 Å². The molecule has 0 radical (unpaired) electrons. The summed E-state index contributed by atoms with van der Waals surface area (Å²) >= 11 is 6.13. The monoisotopic (exact) mass is 504 g/mol. The number of aromatic nitrogens is 3. The first kappa shape index (κ1) is 23.5. The maximum absolute atomic E-state index is 14.4. The van der Waals surface area contributed by atoms with Crippen LogP contribution in [0, 0.1) is 5.82 Å². The first-order valence-corrected chi connectivity index (χ1v) is 11.6. The van der Waals surface area contributed by atoms with Crippen molar-refractivity contribution in [2.75, 3.05) is 7.05 Å². The first-order valence-electron chi connectivity index (χ1n) is 9.79. The Kier molecular flexibility index (Phi) is 6.17. The number of sulfonamides is 1. The first-order chi connectivity index (χ1) is 16.1. The summed E-state index contributed by atoms with van der Waals surface area (Å²) in [6, 6.07) is 13.9. The average molecular weight is 505 g/mol. The van der Waals surface area contributed by atoms with E-state index < -0.39 is 37.9 Å². The fourth-order valence-corrected chi connectivity index (χ4v) is 4.83. The molecular weight excluding hydrogens is 487 g/mol. The number of nitrogens with one attached hydrogen (secondary N) is 1. The Morgan fingerprint density at radius 3 is 2.47 bits per heavy atom. The van der Waals surface area contributed by atoms with E-state index in [0.29, 0.717) is 10.6 Å². The quantitative estimate of drug-likeness (QED) is 0.370. The van der Waals surface area contributed by atoms with Gasteiger partial charge in [-0.25, -0.2) is 27.3 Å². The SMILES string of the molecule is CN(Cc1ccccc1Cl)S(=O)(=O)c1cc(-c2n[nH]c(=O)n2-c2ccccc2F)c(O)cc1O. The Hall–Kier alpha value is -3.67. The summed E-state index contributed by atoms with van der Waals surface area (Å²) in [6.07, 6.45) is 0. The Balaban J connectivity index is 1.83. The molecule has 0 amide bonds. The lowest BCUT2D eigenvalue weighted by molar-refractivity contribution is 0.430. The molecule has 0 atom stereocenters. The topological polar surface area (TPSA) is 129 Å². The van der Waals surface area contributed by atoms with E-state index in [1.54, 1.807) is 24.3 Å². The maximum atomic E-state index is 14.4. The predicted molar refractivity (Wildman–Crippen MR) is 123 cm³/mol. The van der Waals surface area contributed by atoms with Crippen LogP contribution < -0.4 is 5.69 Å². The van der Waals surface area contributed by atoms with Gasteiger partial charge in [0.2, 0.25) is 10.0 Å². The van der Waals surface area contributed by atoms with Crippen molar-refractivity contribution in [3.05, 3.63) is 87.6 Å². The van der Waals surface area contributed by atoms with Gasteiger partial charge in [0.15, 0.2) is 5.82 Å². The van der Waals surface area contributed by atoms with Gasteiger partial charge < -0.3 is 10.2 Å². The number of phenolic OH excluding ortho intramolecular Hbond substituents is 2. The fourth-order valence-electron chi connectivity index (χ4n) is 3.40. The zero-order valence-corrected chi connectivity index (χ0v) is 19.2. The number of halogens is 2. The molecule has 0 fully saturated rings. The maximum Gasteiger partial charge on any atom is 0.348 e. The van der Waals surface area contributed by atoms with Gasteiger partial charge in [0, 0.05) is 24.7 Å². The standard InChI is InChI=1S/C22H18ClFN4O5S/c1-27(12-13-6-2-3-7-15(13)23)34(32,33)20-10-14(18(29)11-19(20)30)21-25-26-22(31)28(21)17-9-5-4-8-16(17)24/h2-11,29-30H,12H2,1H3,(H,26,31). The van der Waals surface area contributed by atoms with Gasteiger partial charge in [-0.15, -0.1) is 0 Å². The lowest BCUT2D eigenvalue weighted by Crippen LogP contribution is -2.26. The number of aromatic hydroxyl groups is 2. The molecule has 0 saturated carbocycles. The number of benzene rings is 3. The van der Waals surface area contributed by atoms with Crippen LogP contribution in [0.4, 0.5) is 4.39 Å². The molecule has 0 aliphatic carbocycles. The molecule has 3 aromatic carbocycles. The highest BCUT2D eigenvalue weighted by molar-refractivity contribution is 7.89. The zero-order chi connectivity index (χ0) is 24.6. The third kappa shape index (κ3) is 4.16. The molecule has 0 unspecified atom stereocenters. The van der Waals surface area contributed by atoms with Gasteiger partial charge in [0.25, 0.3) is 0 Å². The minimum Gasteiger partial charge on any atom is -0.507 e. The summed E-state index contributed by atoms with van der Waals surface area (Å²) < 4.78 is 42.7. The van der Waals surface area contributed by atoms with Crippen LogP contribution in [-0.2, 0) is 16.6 Å². The van der Waals surface area contributed by atoms with Gasteiger partial charge in [-0.3, -0.25) is 0 Å². The van der Waals surface area contributed by atoms with Crippen molar-refractivity contribution >= 4 is 21.6 Å². The van der Waals surface area contributed by atoms with Gasteiger partial charge >= 0.3 is 5.69 Å². The number of nitrogens with zero attached hydrogens (tertiary/aromatic N) is 3. The van der Waals surface area contributed by atoms with Crippen molar-refractivity contribution in [1.29, 1.82) is 0 Å². The third-order valence-electron chi connectivity index (χ3n) is 5.12. The molecule has 0 spiro atoms. The average Bonchev–Trinajstić information content (AvgIpc) is 3.16. The second-order valence-corrected chi connectivity index (χ2v) is 9.75. The minimum absolute atomic E-state index is 0.0972. The van der Waals surface area contributed by atoms with E-state index in [2.05, 4.69) is 10.2 Å². The van der Waals surface area contributed by atoms with Crippen LogP contribution in [-0.4, -0.2) is 44.7 Å². The van der Waals surface area contributed by atoms with Crippen molar-refractivity contribution < 1.29 is 23.0 Å². The van der Waals surface area contributed by atoms with Crippen molar-refractivity contribution in [3.8, 4) is 28.6 Å². The van der Waals surface area contributed by atoms with Crippen molar-refractivity contribution in [1.82, 2.24) is 19.1 Å². The number of rotatable bonds is 6. The Labute approximate surface area is 198 Å². The Bertz CT molecular complexity index is 1550. The Morgan fingerprint density at radius 1 is 1.09 bits per heavy atom. The van der Waals surface area contributed by atoms with Crippen LogP contribution in [0.5, 0.6) is 11.5 Å². The molecule has 0 aliphatic heterocycles. The second kappa shape index (κ2) is 8.93. The molecule has 1 heterocycles. The smallest absolute Gasteiger partial charge is 0.348 e. The number of para-hydroxylation sites is 1. The number of H-pyrrole nitrogens is 1. The molecule has 12 heteroatoms. The highest BCUT2D eigenvalue weighted by Crippen LogP contribution is 2.38. The summed E-state index contributed by atoms with van der Waals surface area (Å²) in [6.45, 7) is -0.0972. The number of aromatic amines is 1. The molecule has 4 aromatic rings. The minimum atomic E-state index is -4.30. The molecule has 0 bridgehead atoms. The van der Waals surface area contributed by atoms with Gasteiger partial charge in [-0.05, 0) is 29.8 Å². The second-order valence-electron chi connectivity index (χ2n) is 7.33. The molecule has 3 N–H and O–H groups in total. The highest BCUT2D eigenvalue weighted by Gasteiger charge is 2.28. The number of hydrogen-bond acceptors (Lipinski definition) is 6. The molecule has 34 heavy (non-hydrogen) atoms. The van der Waals surface area contributed by atoms with E-state index in [1.165, 1.54) is 25.2 Å². The number of phenols is 2. The van der Waals surface area contributed by atoms with E-state index in [4.69, 9.17) is 11.6 Å². The fraction of sp³-hybridized carbons (Fsp3) is 0.0909. The van der Waals surface area contributed by atoms with Crippen LogP contribution in [0.1, 0.15) is 5.56 Å². The van der Waals surface area contributed by atoms with Crippen LogP contribution in [0.25, 0.3) is 17.1 Å². The van der Waals surface area contributed by atoms with Crippen LogP contribution in [0.15, 0.2) is 70.4 Å². The Morgan fingerprint density at radius 2 is 1.76 bits per heavy atom. The van der Waals surface area contributed by atoms with E-state index in [0.717, 1.165) is 27.1 Å². The van der Waals surface area contributed by atoms with Crippen LogP contribution >= 0.6 is 11.6 Å². The predicted octanol–water partition coefficient (Wildman–Crippen LogP) is 3.25. The van der Waals surface area contributed by atoms with Crippen LogP contribution in [0.2, 0.25) is 5.02 Å². The highest BCUT2D eigenvalue weighted by atomic mass is 35.5. The van der Waals surface area contributed by atoms with E-state index >= 15 is 0 Å². The summed E-state index contributed by atoms with van der Waals surface area (Å²) in [7, 11) is -3.00. The molecule has 1 aromatic heterocycles. The van der Waals surface area contributed by atoms with E-state index in [9.17, 15) is 27.8 Å². The van der Waals surface area contributed by atoms with E-state index in [-0.39, 0.29) is 23.6 Å². The van der Waals surface area contributed by atoms with Gasteiger partial charge in [0.05, 0.1) is 11.3 Å². The lowest BCUT2D eigenvalue weighted by atomic mass is 10.1. The van der Waals surface area contributed by atoms with E-state index in [1.807, 2.05) is 0 Å². The van der Waals surface area contributed by atoms with Gasteiger partial charge in [0.1, 0.15) is 22.2 Å². The van der Waals surface area contributed by atoms with Gasteiger partial charge in [-0.2, -0.15) is 9.40 Å². The summed E-state index contributed by atoms with van der Waals surface area (Å²) in [5.74, 6) is -2.28. The largest absolute Gasteiger partial charge is 0.507 e. The van der Waals surface area contributed by atoms with Crippen molar-refractivity contribution in [2.45, 2.75) is 11.4 Å². The molecule has 0 aliphatic rings. The molecule has 0 saturated heterocycles. The third-order valence-corrected chi connectivity index (χ3v) is 7.32. The van der Waals surface area contributed by atoms with Crippen molar-refractivity contribution in [3.63, 3.8) is 0 Å². The molecular formula is C22H18ClFN4O5S. The zero-order valence-electron chi connectivity index (χ0n) is 17.6. The van der Waals surface area contributed by atoms with Crippen molar-refractivity contribution in [2.24, 2.45) is 0 Å². The van der Waals surface area contributed by atoms with Crippen LogP contribution in [0.3, 0.4) is 0 Å². The number of hydrogen-bond donors (Lipinski definition) is 3. The molecule has 4 rings (SSSR count). The summed E-state index contributed by atoms with van der Waals surface area (Å²) in [4.78, 5) is 11.8.